The zero-order chi connectivity index (χ0) is 18.1. The van der Waals surface area contributed by atoms with Crippen LogP contribution < -0.4 is 5.56 Å². The van der Waals surface area contributed by atoms with Crippen molar-refractivity contribution < 1.29 is 0 Å². The van der Waals surface area contributed by atoms with E-state index in [1.807, 2.05) is 37.3 Å². The van der Waals surface area contributed by atoms with Gasteiger partial charge in [-0.3, -0.25) is 14.7 Å². The third kappa shape index (κ3) is 3.54. The summed E-state index contributed by atoms with van der Waals surface area (Å²) in [4.78, 5) is 27.0. The Labute approximate surface area is 156 Å². The van der Waals surface area contributed by atoms with E-state index < -0.39 is 0 Å². The zero-order valence-electron chi connectivity index (χ0n) is 14.5. The van der Waals surface area contributed by atoms with Crippen molar-refractivity contribution in [2.75, 3.05) is 6.54 Å². The predicted octanol–water partition coefficient (Wildman–Crippen LogP) is 3.35. The molecule has 0 bridgehead atoms. The van der Waals surface area contributed by atoms with Crippen LogP contribution in [0.2, 0.25) is 5.02 Å². The molecule has 3 aromatic rings. The van der Waals surface area contributed by atoms with E-state index in [1.165, 1.54) is 0 Å². The summed E-state index contributed by atoms with van der Waals surface area (Å²) in [5.74, 6) is 0.596. The molecule has 0 radical (unpaired) electrons. The van der Waals surface area contributed by atoms with E-state index in [0.29, 0.717) is 17.4 Å². The van der Waals surface area contributed by atoms with E-state index in [4.69, 9.17) is 11.6 Å². The van der Waals surface area contributed by atoms with Crippen molar-refractivity contribution in [2.24, 2.45) is 0 Å². The Kier molecular flexibility index (Phi) is 4.57. The molecule has 1 N–H and O–H groups in total. The van der Waals surface area contributed by atoms with Crippen LogP contribution in [0.4, 0.5) is 0 Å². The summed E-state index contributed by atoms with van der Waals surface area (Å²) in [6, 6.07) is 13.4. The highest BCUT2D eigenvalue weighted by Crippen LogP contribution is 2.21. The second-order valence-corrected chi connectivity index (χ2v) is 7.01. The molecule has 0 fully saturated rings. The number of benzene rings is 1. The van der Waals surface area contributed by atoms with Crippen LogP contribution in [0, 0.1) is 6.92 Å². The van der Waals surface area contributed by atoms with Crippen LogP contribution in [0.1, 0.15) is 22.6 Å². The Hall–Kier alpha value is -2.50. The molecule has 1 aromatic carbocycles. The van der Waals surface area contributed by atoms with Gasteiger partial charge in [0.1, 0.15) is 5.82 Å². The van der Waals surface area contributed by atoms with Crippen LogP contribution in [0.5, 0.6) is 0 Å². The average molecular weight is 367 g/mol. The number of hydrogen-bond donors (Lipinski definition) is 1. The Morgan fingerprint density at radius 1 is 1.15 bits per heavy atom. The highest BCUT2D eigenvalue weighted by Gasteiger charge is 2.21. The summed E-state index contributed by atoms with van der Waals surface area (Å²) in [6.07, 6.45) is 0.756. The van der Waals surface area contributed by atoms with E-state index in [-0.39, 0.29) is 5.56 Å². The molecular formula is C20H19ClN4O. The standard InChI is InChI=1S/C20H19ClN4O/c1-13-3-2-4-16(22-13)11-25-10-9-18-17(12-25)20(26)24-19(23-18)14-5-7-15(21)8-6-14/h2-8H,9-12H2,1H3,(H,23,24,26). The van der Waals surface area contributed by atoms with Crippen LogP contribution in [-0.2, 0) is 19.5 Å². The van der Waals surface area contributed by atoms with E-state index in [0.717, 1.165) is 47.7 Å². The van der Waals surface area contributed by atoms with E-state index in [2.05, 4.69) is 19.9 Å². The van der Waals surface area contributed by atoms with Gasteiger partial charge in [-0.15, -0.1) is 0 Å². The fraction of sp³-hybridized carbons (Fsp3) is 0.250. The minimum atomic E-state index is -0.0677. The Morgan fingerprint density at radius 3 is 2.73 bits per heavy atom. The first-order valence-electron chi connectivity index (χ1n) is 8.61. The van der Waals surface area contributed by atoms with Crippen molar-refractivity contribution in [1.82, 2.24) is 19.9 Å². The van der Waals surface area contributed by atoms with Crippen molar-refractivity contribution >= 4 is 11.6 Å². The first-order chi connectivity index (χ1) is 12.6. The zero-order valence-corrected chi connectivity index (χ0v) is 15.3. The lowest BCUT2D eigenvalue weighted by molar-refractivity contribution is 0.239. The lowest BCUT2D eigenvalue weighted by atomic mass is 10.1. The van der Waals surface area contributed by atoms with Crippen molar-refractivity contribution in [1.29, 1.82) is 0 Å². The van der Waals surface area contributed by atoms with E-state index >= 15 is 0 Å². The van der Waals surface area contributed by atoms with Crippen molar-refractivity contribution in [2.45, 2.75) is 26.4 Å². The normalized spacial score (nSPS) is 14.2. The molecular weight excluding hydrogens is 348 g/mol. The first kappa shape index (κ1) is 16.9. The molecule has 2 aromatic heterocycles. The molecule has 5 nitrogen and oxygen atoms in total. The maximum absolute atomic E-state index is 12.6. The predicted molar refractivity (Wildman–Crippen MR) is 102 cm³/mol. The number of nitrogens with one attached hydrogen (secondary N) is 1. The lowest BCUT2D eigenvalue weighted by Gasteiger charge is -2.27. The molecule has 4 rings (SSSR count). The Bertz CT molecular complexity index is 997. The van der Waals surface area contributed by atoms with Gasteiger partial charge in [0.2, 0.25) is 0 Å². The number of H-pyrrole nitrogens is 1. The number of halogens is 1. The molecule has 132 valence electrons. The minimum Gasteiger partial charge on any atom is -0.306 e. The molecule has 0 unspecified atom stereocenters. The van der Waals surface area contributed by atoms with Crippen LogP contribution in [0.25, 0.3) is 11.4 Å². The molecule has 0 atom stereocenters. The fourth-order valence-corrected chi connectivity index (χ4v) is 3.40. The average Bonchev–Trinajstić information content (AvgIpc) is 2.63. The summed E-state index contributed by atoms with van der Waals surface area (Å²) in [7, 11) is 0. The third-order valence-electron chi connectivity index (χ3n) is 4.60. The Morgan fingerprint density at radius 2 is 1.96 bits per heavy atom. The van der Waals surface area contributed by atoms with Gasteiger partial charge in [-0.25, -0.2) is 4.98 Å². The van der Waals surface area contributed by atoms with Gasteiger partial charge in [-0.2, -0.15) is 0 Å². The molecule has 0 spiro atoms. The number of nitrogens with zero attached hydrogens (tertiary/aromatic N) is 3. The molecule has 3 heterocycles. The molecule has 0 saturated heterocycles. The summed E-state index contributed by atoms with van der Waals surface area (Å²) in [5, 5.41) is 0.662. The first-order valence-corrected chi connectivity index (χ1v) is 8.99. The number of pyridine rings is 1. The number of aromatic amines is 1. The van der Waals surface area contributed by atoms with Gasteiger partial charge in [-0.1, -0.05) is 17.7 Å². The monoisotopic (exact) mass is 366 g/mol. The van der Waals surface area contributed by atoms with Gasteiger partial charge in [0.15, 0.2) is 0 Å². The molecule has 0 amide bonds. The number of fused-ring (bicyclic) bond motifs is 1. The third-order valence-corrected chi connectivity index (χ3v) is 4.85. The van der Waals surface area contributed by atoms with Crippen molar-refractivity contribution in [3.05, 3.63) is 80.5 Å². The van der Waals surface area contributed by atoms with Gasteiger partial charge in [0.25, 0.3) is 5.56 Å². The number of hydrogen-bond acceptors (Lipinski definition) is 4. The maximum Gasteiger partial charge on any atom is 0.255 e. The topological polar surface area (TPSA) is 61.9 Å². The van der Waals surface area contributed by atoms with Gasteiger partial charge >= 0.3 is 0 Å². The quantitative estimate of drug-likeness (QED) is 0.772. The molecule has 0 saturated carbocycles. The number of aryl methyl sites for hydroxylation is 1. The summed E-state index contributed by atoms with van der Waals surface area (Å²) in [5.41, 5.74) is 4.46. The van der Waals surface area contributed by atoms with Crippen molar-refractivity contribution in [3.8, 4) is 11.4 Å². The highest BCUT2D eigenvalue weighted by atomic mass is 35.5. The Balaban J connectivity index is 1.58. The second-order valence-electron chi connectivity index (χ2n) is 6.58. The summed E-state index contributed by atoms with van der Waals surface area (Å²) in [6.45, 7) is 4.18. The van der Waals surface area contributed by atoms with Gasteiger partial charge < -0.3 is 4.98 Å². The van der Waals surface area contributed by atoms with Crippen LogP contribution in [0.3, 0.4) is 0 Å². The van der Waals surface area contributed by atoms with Crippen LogP contribution in [-0.4, -0.2) is 26.4 Å². The minimum absolute atomic E-state index is 0.0677. The molecule has 26 heavy (non-hydrogen) atoms. The number of rotatable bonds is 3. The lowest BCUT2D eigenvalue weighted by Crippen LogP contribution is -2.35. The largest absolute Gasteiger partial charge is 0.306 e. The summed E-state index contributed by atoms with van der Waals surface area (Å²) < 4.78 is 0. The SMILES string of the molecule is Cc1cccc(CN2CCc3nc(-c4ccc(Cl)cc4)[nH]c(=O)c3C2)n1. The van der Waals surface area contributed by atoms with Crippen molar-refractivity contribution in [3.63, 3.8) is 0 Å². The molecule has 1 aliphatic heterocycles. The van der Waals surface area contributed by atoms with Gasteiger partial charge in [0.05, 0.1) is 17.0 Å². The molecule has 1 aliphatic rings. The fourth-order valence-electron chi connectivity index (χ4n) is 3.28. The maximum atomic E-state index is 12.6. The van der Waals surface area contributed by atoms with Crippen LogP contribution >= 0.6 is 11.6 Å². The van der Waals surface area contributed by atoms with Crippen LogP contribution in [0.15, 0.2) is 47.3 Å². The van der Waals surface area contributed by atoms with E-state index in [1.54, 1.807) is 12.1 Å². The number of aromatic nitrogens is 3. The smallest absolute Gasteiger partial charge is 0.255 e. The second kappa shape index (κ2) is 7.02. The van der Waals surface area contributed by atoms with Gasteiger partial charge in [-0.05, 0) is 43.3 Å². The summed E-state index contributed by atoms with van der Waals surface area (Å²) >= 11 is 5.94. The molecule has 6 heteroatoms. The molecule has 0 aliphatic carbocycles. The van der Waals surface area contributed by atoms with E-state index in [9.17, 15) is 4.79 Å². The van der Waals surface area contributed by atoms with Gasteiger partial charge in [0, 0.05) is 42.3 Å². The highest BCUT2D eigenvalue weighted by molar-refractivity contribution is 6.30.